The van der Waals surface area contributed by atoms with Crippen LogP contribution >= 0.6 is 0 Å². The van der Waals surface area contributed by atoms with Gasteiger partial charge in [0, 0.05) is 26.1 Å². The van der Waals surface area contributed by atoms with Crippen LogP contribution in [0.5, 0.6) is 0 Å². The van der Waals surface area contributed by atoms with Crippen molar-refractivity contribution in [3.8, 4) is 0 Å². The Kier molecular flexibility index (Phi) is 4.98. The number of nitrogens with two attached hydrogens (primary N) is 1. The van der Waals surface area contributed by atoms with E-state index in [-0.39, 0.29) is 12.5 Å². The van der Waals surface area contributed by atoms with Crippen LogP contribution in [0.25, 0.3) is 0 Å². The van der Waals surface area contributed by atoms with Gasteiger partial charge in [-0.3, -0.25) is 4.31 Å². The van der Waals surface area contributed by atoms with E-state index in [0.29, 0.717) is 19.7 Å². The maximum absolute atomic E-state index is 12.3. The van der Waals surface area contributed by atoms with E-state index >= 15 is 0 Å². The van der Waals surface area contributed by atoms with Crippen molar-refractivity contribution in [1.29, 1.82) is 0 Å². The minimum absolute atomic E-state index is 0.162. The molecular weight excluding hydrogens is 278 g/mol. The maximum atomic E-state index is 12.3. The van der Waals surface area contributed by atoms with Gasteiger partial charge in [0.05, 0.1) is 12.3 Å². The van der Waals surface area contributed by atoms with Gasteiger partial charge < -0.3 is 10.5 Å². The van der Waals surface area contributed by atoms with Crippen molar-refractivity contribution in [1.82, 2.24) is 4.72 Å². The van der Waals surface area contributed by atoms with Gasteiger partial charge in [0.25, 0.3) is 0 Å². The van der Waals surface area contributed by atoms with Crippen LogP contribution in [-0.4, -0.2) is 41.8 Å². The number of fused-ring (bicyclic) bond motifs is 1. The molecule has 112 valence electrons. The zero-order chi connectivity index (χ0) is 14.6. The molecule has 1 aromatic rings. The Morgan fingerprint density at radius 2 is 2.20 bits per heavy atom. The number of rotatable bonds is 7. The van der Waals surface area contributed by atoms with Crippen molar-refractivity contribution < 1.29 is 13.2 Å². The highest BCUT2D eigenvalue weighted by Gasteiger charge is 2.34. The highest BCUT2D eigenvalue weighted by atomic mass is 32.2. The topological polar surface area (TPSA) is 84.7 Å². The molecule has 0 aromatic heterocycles. The summed E-state index contributed by atoms with van der Waals surface area (Å²) < 4.78 is 33.5. The van der Waals surface area contributed by atoms with E-state index in [0.717, 1.165) is 17.7 Å². The summed E-state index contributed by atoms with van der Waals surface area (Å²) in [6, 6.07) is 7.58. The van der Waals surface area contributed by atoms with Crippen molar-refractivity contribution in [2.24, 2.45) is 5.73 Å². The molecule has 3 N–H and O–H groups in total. The minimum atomic E-state index is -3.53. The monoisotopic (exact) mass is 299 g/mol. The summed E-state index contributed by atoms with van der Waals surface area (Å²) in [6.45, 7) is 1.60. The van der Waals surface area contributed by atoms with Gasteiger partial charge in [0.1, 0.15) is 0 Å². The van der Waals surface area contributed by atoms with Crippen LogP contribution in [-0.2, 0) is 14.9 Å². The molecule has 1 unspecified atom stereocenters. The van der Waals surface area contributed by atoms with Gasteiger partial charge in [-0.05, 0) is 24.6 Å². The zero-order valence-corrected chi connectivity index (χ0v) is 12.4. The van der Waals surface area contributed by atoms with E-state index in [4.69, 9.17) is 10.5 Å². The average molecular weight is 299 g/mol. The number of hydrogen-bond acceptors (Lipinski definition) is 4. The fraction of sp³-hybridized carbons (Fsp3) is 0.538. The number of nitrogens with one attached hydrogen (secondary N) is 1. The van der Waals surface area contributed by atoms with Crippen molar-refractivity contribution in [2.45, 2.75) is 12.3 Å². The van der Waals surface area contributed by atoms with Crippen LogP contribution in [0.2, 0.25) is 0 Å². The number of methoxy groups -OCH3 is 1. The third kappa shape index (κ3) is 3.12. The molecule has 0 fully saturated rings. The van der Waals surface area contributed by atoms with Crippen LogP contribution in [0.3, 0.4) is 0 Å². The molecule has 1 aliphatic heterocycles. The summed E-state index contributed by atoms with van der Waals surface area (Å²) in [7, 11) is -2.00. The van der Waals surface area contributed by atoms with Gasteiger partial charge in [-0.25, -0.2) is 0 Å². The molecule has 7 heteroatoms. The van der Waals surface area contributed by atoms with Gasteiger partial charge >= 0.3 is 10.2 Å². The summed E-state index contributed by atoms with van der Waals surface area (Å²) in [5, 5.41) is 0. The lowest BCUT2D eigenvalue weighted by Gasteiger charge is -2.20. The number of hydrogen-bond donors (Lipinski definition) is 2. The van der Waals surface area contributed by atoms with E-state index < -0.39 is 10.2 Å². The van der Waals surface area contributed by atoms with Gasteiger partial charge in [-0.1, -0.05) is 18.2 Å². The fourth-order valence-corrected chi connectivity index (χ4v) is 3.78. The van der Waals surface area contributed by atoms with Gasteiger partial charge in [0.2, 0.25) is 0 Å². The predicted octanol–water partition coefficient (Wildman–Crippen LogP) is 0.420. The van der Waals surface area contributed by atoms with Crippen LogP contribution in [0.4, 0.5) is 5.69 Å². The Bertz CT molecular complexity index is 548. The maximum Gasteiger partial charge on any atom is 0.301 e. The van der Waals surface area contributed by atoms with Crippen LogP contribution in [0, 0.1) is 0 Å². The first-order chi connectivity index (χ1) is 9.60. The van der Waals surface area contributed by atoms with Crippen molar-refractivity contribution in [3.05, 3.63) is 29.8 Å². The van der Waals surface area contributed by atoms with Gasteiger partial charge in [-0.2, -0.15) is 13.1 Å². The lowest BCUT2D eigenvalue weighted by Crippen LogP contribution is -2.41. The van der Waals surface area contributed by atoms with Crippen LogP contribution in [0.1, 0.15) is 17.9 Å². The molecule has 1 heterocycles. The summed E-state index contributed by atoms with van der Waals surface area (Å²) in [6.07, 6.45) is 0.779. The predicted molar refractivity (Wildman–Crippen MR) is 79.0 cm³/mol. The smallest absolute Gasteiger partial charge is 0.301 e. The lowest BCUT2D eigenvalue weighted by atomic mass is 9.98. The second-order valence-corrected chi connectivity index (χ2v) is 6.44. The molecule has 0 spiro atoms. The van der Waals surface area contributed by atoms with Crippen LogP contribution < -0.4 is 14.8 Å². The molecular formula is C13H21N3O3S. The Balaban J connectivity index is 2.21. The third-order valence-electron chi connectivity index (χ3n) is 3.43. The second kappa shape index (κ2) is 6.53. The van der Waals surface area contributed by atoms with Gasteiger partial charge in [-0.15, -0.1) is 0 Å². The second-order valence-electron chi connectivity index (χ2n) is 4.76. The summed E-state index contributed by atoms with van der Waals surface area (Å²) in [4.78, 5) is 0. The molecule has 0 saturated carbocycles. The fourth-order valence-electron chi connectivity index (χ4n) is 2.48. The van der Waals surface area contributed by atoms with Crippen molar-refractivity contribution in [2.75, 3.05) is 37.7 Å². The van der Waals surface area contributed by atoms with Crippen molar-refractivity contribution >= 4 is 15.9 Å². The standard InChI is InChI=1S/C13H21N3O3S/c1-19-9-8-15-20(17,18)16-10-11(6-7-14)12-4-2-3-5-13(12)16/h2-5,11,15H,6-10,14H2,1H3. The largest absolute Gasteiger partial charge is 0.383 e. The molecule has 1 aliphatic rings. The van der Waals surface area contributed by atoms with E-state index in [1.165, 1.54) is 11.4 Å². The minimum Gasteiger partial charge on any atom is -0.383 e. The lowest BCUT2D eigenvalue weighted by molar-refractivity contribution is 0.204. The molecule has 0 radical (unpaired) electrons. The zero-order valence-electron chi connectivity index (χ0n) is 11.6. The normalized spacial score (nSPS) is 18.3. The highest BCUT2D eigenvalue weighted by Crippen LogP contribution is 2.38. The van der Waals surface area contributed by atoms with E-state index in [2.05, 4.69) is 4.72 Å². The van der Waals surface area contributed by atoms with E-state index in [1.54, 1.807) is 0 Å². The first-order valence-corrected chi connectivity index (χ1v) is 8.09. The first-order valence-electron chi connectivity index (χ1n) is 6.65. The quantitative estimate of drug-likeness (QED) is 0.715. The number of benzene rings is 1. The molecule has 0 aliphatic carbocycles. The number of ether oxygens (including phenoxy) is 1. The van der Waals surface area contributed by atoms with Crippen molar-refractivity contribution in [3.63, 3.8) is 0 Å². The molecule has 0 saturated heterocycles. The van der Waals surface area contributed by atoms with Crippen LogP contribution in [0.15, 0.2) is 24.3 Å². The average Bonchev–Trinajstić information content (AvgIpc) is 2.80. The molecule has 0 bridgehead atoms. The Morgan fingerprint density at radius 3 is 2.90 bits per heavy atom. The Morgan fingerprint density at radius 1 is 1.45 bits per heavy atom. The van der Waals surface area contributed by atoms with Gasteiger partial charge in [0.15, 0.2) is 0 Å². The number of para-hydroxylation sites is 1. The molecule has 2 rings (SSSR count). The summed E-state index contributed by atoms with van der Waals surface area (Å²) in [5.74, 6) is 0.162. The summed E-state index contributed by atoms with van der Waals surface area (Å²) >= 11 is 0. The third-order valence-corrected chi connectivity index (χ3v) is 4.92. The molecule has 20 heavy (non-hydrogen) atoms. The Hall–Kier alpha value is -1.15. The number of anilines is 1. The SMILES string of the molecule is COCCNS(=O)(=O)N1CC(CCN)c2ccccc21. The summed E-state index contributed by atoms with van der Waals surface area (Å²) in [5.41, 5.74) is 7.42. The van der Waals surface area contributed by atoms with E-state index in [1.807, 2.05) is 24.3 Å². The van der Waals surface area contributed by atoms with E-state index in [9.17, 15) is 8.42 Å². The highest BCUT2D eigenvalue weighted by molar-refractivity contribution is 7.90. The molecule has 0 amide bonds. The number of nitrogens with zero attached hydrogens (tertiary/aromatic N) is 1. The molecule has 1 aromatic carbocycles. The molecule has 1 atom stereocenters. The molecule has 6 nitrogen and oxygen atoms in total. The first kappa shape index (κ1) is 15.2. The Labute approximate surface area is 120 Å².